The fourth-order valence-electron chi connectivity index (χ4n) is 4.33. The van der Waals surface area contributed by atoms with Gasteiger partial charge in [-0.2, -0.15) is 0 Å². The number of ketones is 1. The third kappa shape index (κ3) is 3.82. The molecule has 4 rings (SSSR count). The molecule has 3 aromatic rings. The Balaban J connectivity index is 2.02. The maximum Gasteiger partial charge on any atom is 0.165 e. The van der Waals surface area contributed by atoms with Crippen molar-refractivity contribution in [3.8, 4) is 23.0 Å². The van der Waals surface area contributed by atoms with Crippen LogP contribution in [0.1, 0.15) is 29.0 Å². The summed E-state index contributed by atoms with van der Waals surface area (Å²) in [7, 11) is 6.39. The number of rotatable bonds is 7. The highest BCUT2D eigenvalue weighted by Gasteiger charge is 2.37. The molecule has 0 bridgehead atoms. The molecule has 3 aromatic carbocycles. The van der Waals surface area contributed by atoms with Crippen LogP contribution in [-0.2, 0) is 4.79 Å². The average molecular weight is 431 g/mol. The molecule has 1 aliphatic rings. The SMILES string of the molecule is COc1ccc(C2=C(c3c(OC)cc(OC)cc3OC)C(=O)CC2c2ccccc2)cc1. The Kier molecular flexibility index (Phi) is 6.17. The van der Waals surface area contributed by atoms with Crippen molar-refractivity contribution < 1.29 is 23.7 Å². The van der Waals surface area contributed by atoms with Crippen LogP contribution in [0.3, 0.4) is 0 Å². The first-order chi connectivity index (χ1) is 15.6. The predicted octanol–water partition coefficient (Wildman–Crippen LogP) is 5.39. The number of carbonyl (C=O) groups is 1. The zero-order chi connectivity index (χ0) is 22.7. The molecule has 0 heterocycles. The lowest BCUT2D eigenvalue weighted by Crippen LogP contribution is -2.03. The fourth-order valence-corrected chi connectivity index (χ4v) is 4.33. The standard InChI is InChI=1S/C27H26O5/c1-29-19-12-10-18(11-13-19)25-21(17-8-6-5-7-9-17)16-22(28)26(25)27-23(31-3)14-20(30-2)15-24(27)32-4/h5-15,21H,16H2,1-4H3. The molecule has 1 unspecified atom stereocenters. The molecule has 0 saturated heterocycles. The van der Waals surface area contributed by atoms with E-state index in [9.17, 15) is 4.79 Å². The molecular weight excluding hydrogens is 404 g/mol. The molecule has 1 atom stereocenters. The second-order valence-electron chi connectivity index (χ2n) is 7.51. The van der Waals surface area contributed by atoms with Crippen LogP contribution in [0, 0.1) is 0 Å². The smallest absolute Gasteiger partial charge is 0.165 e. The summed E-state index contributed by atoms with van der Waals surface area (Å²) in [5.74, 6) is 2.39. The third-order valence-corrected chi connectivity index (χ3v) is 5.85. The summed E-state index contributed by atoms with van der Waals surface area (Å²) < 4.78 is 22.1. The van der Waals surface area contributed by atoms with Crippen LogP contribution in [0.15, 0.2) is 66.7 Å². The van der Waals surface area contributed by atoms with Gasteiger partial charge in [-0.05, 0) is 28.8 Å². The molecule has 0 N–H and O–H groups in total. The predicted molar refractivity (Wildman–Crippen MR) is 125 cm³/mol. The molecule has 0 radical (unpaired) electrons. The van der Waals surface area contributed by atoms with Gasteiger partial charge in [0.25, 0.3) is 0 Å². The first kappa shape index (κ1) is 21.5. The lowest BCUT2D eigenvalue weighted by atomic mass is 9.86. The molecule has 0 amide bonds. The van der Waals surface area contributed by atoms with Crippen LogP contribution in [0.2, 0.25) is 0 Å². The number of methoxy groups -OCH3 is 4. The summed E-state index contributed by atoms with van der Waals surface area (Å²) in [6, 6.07) is 21.5. The Morgan fingerprint density at radius 1 is 0.719 bits per heavy atom. The Labute approximate surface area is 188 Å². The Morgan fingerprint density at radius 2 is 1.31 bits per heavy atom. The van der Waals surface area contributed by atoms with Gasteiger partial charge in [0.05, 0.1) is 34.0 Å². The van der Waals surface area contributed by atoms with Gasteiger partial charge in [-0.25, -0.2) is 0 Å². The summed E-state index contributed by atoms with van der Waals surface area (Å²) in [6.07, 6.45) is 0.374. The molecule has 0 saturated carbocycles. The first-order valence-electron chi connectivity index (χ1n) is 10.4. The minimum Gasteiger partial charge on any atom is -0.497 e. The fraction of sp³-hybridized carbons (Fsp3) is 0.222. The van der Waals surface area contributed by atoms with Gasteiger partial charge >= 0.3 is 0 Å². The highest BCUT2D eigenvalue weighted by atomic mass is 16.5. The summed E-state index contributed by atoms with van der Waals surface area (Å²) in [6.45, 7) is 0. The van der Waals surface area contributed by atoms with E-state index < -0.39 is 0 Å². The van der Waals surface area contributed by atoms with Crippen LogP contribution >= 0.6 is 0 Å². The van der Waals surface area contributed by atoms with Crippen LogP contribution in [0.5, 0.6) is 23.0 Å². The van der Waals surface area contributed by atoms with Crippen LogP contribution in [-0.4, -0.2) is 34.2 Å². The number of Topliss-reactive ketones (excluding diaryl/α,β-unsaturated/α-hetero) is 1. The maximum atomic E-state index is 13.5. The van der Waals surface area contributed by atoms with E-state index in [0.717, 1.165) is 22.4 Å². The van der Waals surface area contributed by atoms with Crippen molar-refractivity contribution in [3.63, 3.8) is 0 Å². The number of ether oxygens (including phenoxy) is 4. The first-order valence-corrected chi connectivity index (χ1v) is 10.4. The summed E-state index contributed by atoms with van der Waals surface area (Å²) in [5.41, 5.74) is 4.25. The number of hydrogen-bond acceptors (Lipinski definition) is 5. The van der Waals surface area contributed by atoms with E-state index in [2.05, 4.69) is 12.1 Å². The summed E-state index contributed by atoms with van der Waals surface area (Å²) >= 11 is 0. The average Bonchev–Trinajstić information content (AvgIpc) is 3.20. The Morgan fingerprint density at radius 3 is 1.84 bits per heavy atom. The van der Waals surface area contributed by atoms with Crippen LogP contribution in [0.4, 0.5) is 0 Å². The molecule has 0 aromatic heterocycles. The van der Waals surface area contributed by atoms with Gasteiger partial charge in [-0.3, -0.25) is 4.79 Å². The molecular formula is C27H26O5. The normalized spacial score (nSPS) is 15.6. The van der Waals surface area contributed by atoms with E-state index in [-0.39, 0.29) is 11.7 Å². The molecule has 164 valence electrons. The number of hydrogen-bond donors (Lipinski definition) is 0. The molecule has 0 spiro atoms. The number of benzene rings is 3. The molecule has 32 heavy (non-hydrogen) atoms. The second-order valence-corrected chi connectivity index (χ2v) is 7.51. The topological polar surface area (TPSA) is 54.0 Å². The van der Waals surface area contributed by atoms with Gasteiger partial charge in [0.2, 0.25) is 0 Å². The summed E-state index contributed by atoms with van der Waals surface area (Å²) in [4.78, 5) is 13.5. The lowest BCUT2D eigenvalue weighted by Gasteiger charge is -2.19. The van der Waals surface area contributed by atoms with E-state index in [1.807, 2.05) is 42.5 Å². The van der Waals surface area contributed by atoms with Gasteiger partial charge in [0, 0.05) is 30.0 Å². The van der Waals surface area contributed by atoms with Crippen molar-refractivity contribution in [2.45, 2.75) is 12.3 Å². The van der Waals surface area contributed by atoms with E-state index in [1.54, 1.807) is 40.6 Å². The quantitative estimate of drug-likeness (QED) is 0.503. The zero-order valence-electron chi connectivity index (χ0n) is 18.7. The Bertz CT molecular complexity index is 1120. The minimum atomic E-state index is -0.0800. The lowest BCUT2D eigenvalue weighted by molar-refractivity contribution is -0.113. The van der Waals surface area contributed by atoms with Gasteiger partial charge in [-0.1, -0.05) is 42.5 Å². The van der Waals surface area contributed by atoms with Gasteiger partial charge in [-0.15, -0.1) is 0 Å². The molecule has 5 heteroatoms. The maximum absolute atomic E-state index is 13.5. The van der Waals surface area contributed by atoms with Crippen molar-refractivity contribution in [2.24, 2.45) is 0 Å². The highest BCUT2D eigenvalue weighted by molar-refractivity contribution is 6.33. The molecule has 0 fully saturated rings. The number of allylic oxidation sites excluding steroid dienone is 2. The number of carbonyl (C=O) groups excluding carboxylic acids is 1. The van der Waals surface area contributed by atoms with E-state index in [0.29, 0.717) is 34.8 Å². The van der Waals surface area contributed by atoms with Gasteiger partial charge in [0.1, 0.15) is 23.0 Å². The molecule has 1 aliphatic carbocycles. The molecule has 5 nitrogen and oxygen atoms in total. The Hall–Kier alpha value is -3.73. The zero-order valence-corrected chi connectivity index (χ0v) is 18.7. The van der Waals surface area contributed by atoms with Crippen LogP contribution < -0.4 is 18.9 Å². The van der Waals surface area contributed by atoms with E-state index in [4.69, 9.17) is 18.9 Å². The van der Waals surface area contributed by atoms with E-state index >= 15 is 0 Å². The minimum absolute atomic E-state index is 0.0476. The highest BCUT2D eigenvalue weighted by Crippen LogP contribution is 2.51. The van der Waals surface area contributed by atoms with Crippen molar-refractivity contribution in [1.29, 1.82) is 0 Å². The van der Waals surface area contributed by atoms with Gasteiger partial charge < -0.3 is 18.9 Å². The second kappa shape index (κ2) is 9.18. The largest absolute Gasteiger partial charge is 0.497 e. The van der Waals surface area contributed by atoms with Gasteiger partial charge in [0.15, 0.2) is 5.78 Å². The van der Waals surface area contributed by atoms with E-state index in [1.165, 1.54) is 0 Å². The van der Waals surface area contributed by atoms with Crippen molar-refractivity contribution in [1.82, 2.24) is 0 Å². The van der Waals surface area contributed by atoms with Crippen LogP contribution in [0.25, 0.3) is 11.1 Å². The van der Waals surface area contributed by atoms with Crippen molar-refractivity contribution in [2.75, 3.05) is 28.4 Å². The monoisotopic (exact) mass is 430 g/mol. The summed E-state index contributed by atoms with van der Waals surface area (Å²) in [5, 5.41) is 0. The van der Waals surface area contributed by atoms with Crippen molar-refractivity contribution >= 4 is 16.9 Å². The molecule has 0 aliphatic heterocycles. The van der Waals surface area contributed by atoms with Crippen molar-refractivity contribution in [3.05, 3.63) is 83.4 Å². The third-order valence-electron chi connectivity index (χ3n) is 5.85.